The van der Waals surface area contributed by atoms with Gasteiger partial charge in [-0.3, -0.25) is 4.79 Å². The van der Waals surface area contributed by atoms with Crippen LogP contribution in [0.25, 0.3) is 0 Å². The Bertz CT molecular complexity index is 980. The van der Waals surface area contributed by atoms with E-state index in [1.54, 1.807) is 30.3 Å². The van der Waals surface area contributed by atoms with E-state index >= 15 is 0 Å². The third-order valence-electron chi connectivity index (χ3n) is 4.43. The Morgan fingerprint density at radius 2 is 1.81 bits per heavy atom. The third-order valence-corrected chi connectivity index (χ3v) is 6.83. The molecular weight excluding hydrogens is 459 g/mol. The van der Waals surface area contributed by atoms with Gasteiger partial charge in [0.15, 0.2) is 0 Å². The largest absolute Gasteiger partial charge is 0.379 e. The van der Waals surface area contributed by atoms with Gasteiger partial charge in [-0.1, -0.05) is 47.0 Å². The van der Waals surface area contributed by atoms with Gasteiger partial charge in [-0.25, -0.2) is 8.42 Å². The number of ether oxygens (including phenoxy) is 1. The fourth-order valence-electron chi connectivity index (χ4n) is 2.76. The zero-order valence-corrected chi connectivity index (χ0v) is 20.2. The normalized spacial score (nSPS) is 11.8. The Hall–Kier alpha value is -1.64. The molecule has 2 aromatic rings. The molecular formula is C22H28Cl2N2O4S. The first-order valence-electron chi connectivity index (χ1n) is 9.98. The minimum atomic E-state index is -3.93. The summed E-state index contributed by atoms with van der Waals surface area (Å²) in [6.07, 6.45) is 0.757. The second kappa shape index (κ2) is 11.8. The van der Waals surface area contributed by atoms with Gasteiger partial charge in [0.05, 0.1) is 17.5 Å². The van der Waals surface area contributed by atoms with E-state index in [2.05, 4.69) is 5.32 Å². The van der Waals surface area contributed by atoms with Crippen LogP contribution in [0.3, 0.4) is 0 Å². The second-order valence-electron chi connectivity index (χ2n) is 7.44. The topological polar surface area (TPSA) is 75.7 Å². The van der Waals surface area contributed by atoms with E-state index < -0.39 is 15.9 Å². The lowest BCUT2D eigenvalue weighted by molar-refractivity contribution is -0.121. The molecule has 0 spiro atoms. The van der Waals surface area contributed by atoms with Crippen molar-refractivity contribution in [2.75, 3.05) is 19.7 Å². The quantitative estimate of drug-likeness (QED) is 0.476. The fourth-order valence-corrected chi connectivity index (χ4v) is 4.60. The smallest absolute Gasteiger partial charge is 0.243 e. The van der Waals surface area contributed by atoms with Crippen LogP contribution >= 0.6 is 23.2 Å². The van der Waals surface area contributed by atoms with Crippen LogP contribution in [-0.2, 0) is 26.1 Å². The van der Waals surface area contributed by atoms with Crippen molar-refractivity contribution >= 4 is 39.1 Å². The van der Waals surface area contributed by atoms with Gasteiger partial charge >= 0.3 is 0 Å². The first-order chi connectivity index (χ1) is 14.6. The average Bonchev–Trinajstić information content (AvgIpc) is 2.69. The van der Waals surface area contributed by atoms with Crippen LogP contribution in [0.2, 0.25) is 10.0 Å². The minimum absolute atomic E-state index is 0.0594. The van der Waals surface area contributed by atoms with Gasteiger partial charge < -0.3 is 10.1 Å². The maximum atomic E-state index is 13.3. The van der Waals surface area contributed by atoms with E-state index in [4.69, 9.17) is 27.9 Å². The molecule has 0 radical (unpaired) electrons. The molecule has 0 aliphatic carbocycles. The Balaban J connectivity index is 2.17. The number of sulfonamides is 1. The maximum Gasteiger partial charge on any atom is 0.243 e. The molecule has 0 aliphatic heterocycles. The van der Waals surface area contributed by atoms with Crippen molar-refractivity contribution in [3.8, 4) is 0 Å². The lowest BCUT2D eigenvalue weighted by Gasteiger charge is -2.22. The first-order valence-corrected chi connectivity index (χ1v) is 12.2. The van der Waals surface area contributed by atoms with Gasteiger partial charge in [0.25, 0.3) is 0 Å². The molecule has 1 N–H and O–H groups in total. The molecule has 0 aromatic heterocycles. The molecule has 0 saturated heterocycles. The van der Waals surface area contributed by atoms with Gasteiger partial charge in [-0.15, -0.1) is 0 Å². The van der Waals surface area contributed by atoms with E-state index in [-0.39, 0.29) is 24.1 Å². The highest BCUT2D eigenvalue weighted by Crippen LogP contribution is 2.25. The molecule has 0 fully saturated rings. The van der Waals surface area contributed by atoms with Crippen LogP contribution < -0.4 is 5.32 Å². The summed E-state index contributed by atoms with van der Waals surface area (Å²) in [6.45, 7) is 6.27. The van der Waals surface area contributed by atoms with Crippen LogP contribution in [0.4, 0.5) is 0 Å². The van der Waals surface area contributed by atoms with Crippen molar-refractivity contribution < 1.29 is 17.9 Å². The summed E-state index contributed by atoms with van der Waals surface area (Å²) in [7, 11) is -3.93. The number of hydrogen-bond acceptors (Lipinski definition) is 4. The number of nitrogens with zero attached hydrogens (tertiary/aromatic N) is 1. The maximum absolute atomic E-state index is 13.3. The van der Waals surface area contributed by atoms with Crippen molar-refractivity contribution in [2.24, 2.45) is 0 Å². The third kappa shape index (κ3) is 8.09. The lowest BCUT2D eigenvalue weighted by Crippen LogP contribution is -2.40. The Kier molecular flexibility index (Phi) is 9.78. The fraction of sp³-hybridized carbons (Fsp3) is 0.409. The first kappa shape index (κ1) is 25.6. The minimum Gasteiger partial charge on any atom is -0.379 e. The zero-order chi connectivity index (χ0) is 23.0. The van der Waals surface area contributed by atoms with E-state index in [0.717, 1.165) is 9.87 Å². The molecule has 0 atom stereocenters. The standard InChI is InChI=1S/C22H28Cl2N2O4S/c1-16(2)30-12-4-11-25-22(27)15-26(14-18-7-8-19(23)13-21(18)24)31(28,29)20-9-5-17(3)6-10-20/h5-10,13,16H,4,11-12,14-15H2,1-3H3,(H,25,27). The highest BCUT2D eigenvalue weighted by molar-refractivity contribution is 7.89. The van der Waals surface area contributed by atoms with Crippen molar-refractivity contribution in [2.45, 2.75) is 44.7 Å². The van der Waals surface area contributed by atoms with Gasteiger partial charge in [0.1, 0.15) is 0 Å². The Labute approximate surface area is 194 Å². The number of aryl methyl sites for hydroxylation is 1. The Morgan fingerprint density at radius 1 is 1.13 bits per heavy atom. The highest BCUT2D eigenvalue weighted by atomic mass is 35.5. The number of carbonyl (C=O) groups excluding carboxylic acids is 1. The van der Waals surface area contributed by atoms with Crippen LogP contribution in [0.1, 0.15) is 31.4 Å². The van der Waals surface area contributed by atoms with Crippen LogP contribution in [-0.4, -0.2) is 44.4 Å². The molecule has 2 aromatic carbocycles. The second-order valence-corrected chi connectivity index (χ2v) is 10.2. The van der Waals surface area contributed by atoms with Crippen molar-refractivity contribution in [1.29, 1.82) is 0 Å². The molecule has 0 heterocycles. The molecule has 0 aliphatic rings. The number of hydrogen-bond donors (Lipinski definition) is 1. The van der Waals surface area contributed by atoms with Crippen molar-refractivity contribution in [3.05, 3.63) is 63.6 Å². The van der Waals surface area contributed by atoms with Gasteiger partial charge in [0.2, 0.25) is 15.9 Å². The molecule has 0 unspecified atom stereocenters. The molecule has 2 rings (SSSR count). The number of nitrogens with one attached hydrogen (secondary N) is 1. The monoisotopic (exact) mass is 486 g/mol. The summed E-state index contributed by atoms with van der Waals surface area (Å²) in [5.41, 5.74) is 1.49. The summed E-state index contributed by atoms with van der Waals surface area (Å²) < 4.78 is 33.1. The Morgan fingerprint density at radius 3 is 2.42 bits per heavy atom. The summed E-state index contributed by atoms with van der Waals surface area (Å²) in [5, 5.41) is 3.53. The summed E-state index contributed by atoms with van der Waals surface area (Å²) in [5.74, 6) is -0.398. The number of amides is 1. The van der Waals surface area contributed by atoms with E-state index in [1.165, 1.54) is 12.1 Å². The molecule has 6 nitrogen and oxygen atoms in total. The molecule has 1 amide bonds. The number of rotatable bonds is 11. The van der Waals surface area contributed by atoms with Crippen LogP contribution in [0.15, 0.2) is 47.4 Å². The zero-order valence-electron chi connectivity index (χ0n) is 17.9. The number of benzene rings is 2. The number of halogens is 2. The number of carbonyl (C=O) groups is 1. The van der Waals surface area contributed by atoms with Gasteiger partial charge in [-0.2, -0.15) is 4.31 Å². The molecule has 31 heavy (non-hydrogen) atoms. The van der Waals surface area contributed by atoms with Crippen LogP contribution in [0.5, 0.6) is 0 Å². The lowest BCUT2D eigenvalue weighted by atomic mass is 10.2. The molecule has 9 heteroatoms. The predicted octanol–water partition coefficient (Wildman–Crippen LogP) is 4.42. The molecule has 0 saturated carbocycles. The van der Waals surface area contributed by atoms with E-state index in [9.17, 15) is 13.2 Å². The van der Waals surface area contributed by atoms with Crippen molar-refractivity contribution in [1.82, 2.24) is 9.62 Å². The summed E-state index contributed by atoms with van der Waals surface area (Å²) in [4.78, 5) is 12.6. The van der Waals surface area contributed by atoms with Gasteiger partial charge in [0, 0.05) is 29.7 Å². The molecule has 170 valence electrons. The highest BCUT2D eigenvalue weighted by Gasteiger charge is 2.27. The van der Waals surface area contributed by atoms with E-state index in [0.29, 0.717) is 35.2 Å². The predicted molar refractivity (Wildman–Crippen MR) is 124 cm³/mol. The molecule has 0 bridgehead atoms. The SMILES string of the molecule is Cc1ccc(S(=O)(=O)N(CC(=O)NCCCOC(C)C)Cc2ccc(Cl)cc2Cl)cc1. The van der Waals surface area contributed by atoms with E-state index in [1.807, 2.05) is 20.8 Å². The summed E-state index contributed by atoms with van der Waals surface area (Å²) >= 11 is 12.2. The van der Waals surface area contributed by atoms with Crippen LogP contribution in [0, 0.1) is 6.92 Å². The van der Waals surface area contributed by atoms with Crippen molar-refractivity contribution in [3.63, 3.8) is 0 Å². The summed E-state index contributed by atoms with van der Waals surface area (Å²) in [6, 6.07) is 11.3. The van der Waals surface area contributed by atoms with Gasteiger partial charge in [-0.05, 0) is 57.0 Å². The average molecular weight is 487 g/mol.